The largest absolute Gasteiger partial charge is 0.300 e. The van der Waals surface area contributed by atoms with Crippen molar-refractivity contribution < 1.29 is 4.79 Å². The molecule has 0 aliphatic heterocycles. The maximum absolute atomic E-state index is 11.2. The van der Waals surface area contributed by atoms with Gasteiger partial charge in [-0.25, -0.2) is 0 Å². The number of rotatable bonds is 6. The first-order valence-corrected chi connectivity index (χ1v) is 5.56. The number of allylic oxidation sites excluding steroid dienone is 1. The smallest absolute Gasteiger partial charge is 0.133 e. The Balaban J connectivity index is 2.26. The molecule has 0 fully saturated rings. The first-order valence-electron chi connectivity index (χ1n) is 5.56. The Labute approximate surface area is 91.8 Å². The van der Waals surface area contributed by atoms with Crippen molar-refractivity contribution in [2.45, 2.75) is 32.6 Å². The van der Waals surface area contributed by atoms with Gasteiger partial charge in [-0.15, -0.1) is 0 Å². The first kappa shape index (κ1) is 11.7. The molecule has 0 N–H and O–H groups in total. The fraction of sp³-hybridized carbons (Fsp3) is 0.357. The second-order valence-corrected chi connectivity index (χ2v) is 3.64. The highest BCUT2D eigenvalue weighted by Crippen LogP contribution is 2.04. The molecule has 80 valence electrons. The monoisotopic (exact) mass is 202 g/mol. The van der Waals surface area contributed by atoms with E-state index in [1.54, 1.807) is 0 Å². The molecular weight excluding hydrogens is 184 g/mol. The highest BCUT2D eigenvalue weighted by atomic mass is 16.1. The van der Waals surface area contributed by atoms with E-state index < -0.39 is 0 Å². The number of carbonyl (C=O) groups is 1. The van der Waals surface area contributed by atoms with Crippen molar-refractivity contribution in [2.75, 3.05) is 0 Å². The van der Waals surface area contributed by atoms with E-state index in [-0.39, 0.29) is 0 Å². The second kappa shape index (κ2) is 6.99. The molecule has 1 rings (SSSR count). The van der Waals surface area contributed by atoms with Crippen molar-refractivity contribution >= 4 is 11.9 Å². The molecule has 1 nitrogen and oxygen atoms in total. The minimum Gasteiger partial charge on any atom is -0.300 e. The van der Waals surface area contributed by atoms with Gasteiger partial charge in [0.15, 0.2) is 0 Å². The van der Waals surface area contributed by atoms with Gasteiger partial charge in [-0.3, -0.25) is 4.79 Å². The summed E-state index contributed by atoms with van der Waals surface area (Å²) >= 11 is 0. The molecule has 0 atom stereocenters. The highest BCUT2D eigenvalue weighted by molar-refractivity contribution is 5.78. The van der Waals surface area contributed by atoms with Crippen LogP contribution in [0.2, 0.25) is 0 Å². The van der Waals surface area contributed by atoms with Crippen molar-refractivity contribution in [1.29, 1.82) is 0 Å². The standard InChI is InChI=1S/C14H18O/c1-2-8-14(15)12-7-6-11-13-9-4-3-5-10-13/h3-6,9-11H,2,7-8,12H2,1H3/b11-6+. The van der Waals surface area contributed by atoms with Crippen LogP contribution in [-0.2, 0) is 4.79 Å². The Kier molecular flexibility index (Phi) is 5.46. The van der Waals surface area contributed by atoms with E-state index in [1.165, 1.54) is 5.56 Å². The molecule has 15 heavy (non-hydrogen) atoms. The Bertz CT molecular complexity index is 311. The van der Waals surface area contributed by atoms with Gasteiger partial charge in [0.05, 0.1) is 0 Å². The van der Waals surface area contributed by atoms with Crippen molar-refractivity contribution in [2.24, 2.45) is 0 Å². The third-order valence-corrected chi connectivity index (χ3v) is 2.23. The third kappa shape index (κ3) is 5.16. The van der Waals surface area contributed by atoms with Gasteiger partial charge >= 0.3 is 0 Å². The van der Waals surface area contributed by atoms with E-state index in [4.69, 9.17) is 0 Å². The Hall–Kier alpha value is -1.37. The fourth-order valence-electron chi connectivity index (χ4n) is 1.43. The molecule has 0 heterocycles. The summed E-state index contributed by atoms with van der Waals surface area (Å²) in [6.07, 6.45) is 7.35. The lowest BCUT2D eigenvalue weighted by molar-refractivity contribution is -0.119. The number of hydrogen-bond donors (Lipinski definition) is 0. The van der Waals surface area contributed by atoms with Crippen LogP contribution in [0.3, 0.4) is 0 Å². The second-order valence-electron chi connectivity index (χ2n) is 3.64. The average Bonchev–Trinajstić information content (AvgIpc) is 2.26. The molecule has 0 bridgehead atoms. The number of Topliss-reactive ketones (excluding diaryl/α,β-unsaturated/α-hetero) is 1. The van der Waals surface area contributed by atoms with Crippen LogP contribution in [0.5, 0.6) is 0 Å². The SMILES string of the molecule is CCCC(=O)CC/C=C/c1ccccc1. The minimum atomic E-state index is 0.371. The van der Waals surface area contributed by atoms with E-state index in [9.17, 15) is 4.79 Å². The molecule has 0 unspecified atom stereocenters. The zero-order valence-electron chi connectivity index (χ0n) is 9.28. The van der Waals surface area contributed by atoms with E-state index in [0.29, 0.717) is 12.2 Å². The predicted octanol–water partition coefficient (Wildman–Crippen LogP) is 3.85. The third-order valence-electron chi connectivity index (χ3n) is 2.23. The van der Waals surface area contributed by atoms with E-state index in [0.717, 1.165) is 19.3 Å². The number of hydrogen-bond acceptors (Lipinski definition) is 1. The normalized spacial score (nSPS) is 10.7. The lowest BCUT2D eigenvalue weighted by atomic mass is 10.1. The molecule has 1 aromatic rings. The van der Waals surface area contributed by atoms with Crippen LogP contribution < -0.4 is 0 Å². The van der Waals surface area contributed by atoms with Crippen LogP contribution in [0.15, 0.2) is 36.4 Å². The molecule has 0 aliphatic carbocycles. The maximum atomic E-state index is 11.2. The van der Waals surface area contributed by atoms with Crippen molar-refractivity contribution in [1.82, 2.24) is 0 Å². The molecule has 0 spiro atoms. The van der Waals surface area contributed by atoms with Gasteiger partial charge in [0.25, 0.3) is 0 Å². The number of carbonyl (C=O) groups excluding carboxylic acids is 1. The summed E-state index contributed by atoms with van der Waals surface area (Å²) in [6, 6.07) is 10.2. The molecule has 0 amide bonds. The molecule has 0 radical (unpaired) electrons. The van der Waals surface area contributed by atoms with Crippen LogP contribution in [0.25, 0.3) is 6.08 Å². The lowest BCUT2D eigenvalue weighted by Crippen LogP contribution is -1.94. The molecule has 0 aliphatic rings. The highest BCUT2D eigenvalue weighted by Gasteiger charge is 1.96. The Morgan fingerprint density at radius 1 is 1.20 bits per heavy atom. The maximum Gasteiger partial charge on any atom is 0.133 e. The quantitative estimate of drug-likeness (QED) is 0.684. The van der Waals surface area contributed by atoms with E-state index >= 15 is 0 Å². The predicted molar refractivity (Wildman–Crippen MR) is 64.6 cm³/mol. The summed E-state index contributed by atoms with van der Waals surface area (Å²) in [5, 5.41) is 0. The lowest BCUT2D eigenvalue weighted by Gasteiger charge is -1.94. The summed E-state index contributed by atoms with van der Waals surface area (Å²) < 4.78 is 0. The van der Waals surface area contributed by atoms with Crippen molar-refractivity contribution in [3.05, 3.63) is 42.0 Å². The minimum absolute atomic E-state index is 0.371. The van der Waals surface area contributed by atoms with Crippen LogP contribution in [-0.4, -0.2) is 5.78 Å². The molecule has 1 aromatic carbocycles. The average molecular weight is 202 g/mol. The van der Waals surface area contributed by atoms with Crippen LogP contribution in [0.4, 0.5) is 0 Å². The zero-order chi connectivity index (χ0) is 10.9. The summed E-state index contributed by atoms with van der Waals surface area (Å²) in [5.74, 6) is 0.371. The van der Waals surface area contributed by atoms with Crippen LogP contribution >= 0.6 is 0 Å². The summed E-state index contributed by atoms with van der Waals surface area (Å²) in [7, 11) is 0. The van der Waals surface area contributed by atoms with Crippen molar-refractivity contribution in [3.8, 4) is 0 Å². The molecule has 0 saturated carbocycles. The van der Waals surface area contributed by atoms with Gasteiger partial charge in [-0.1, -0.05) is 49.4 Å². The number of benzene rings is 1. The van der Waals surface area contributed by atoms with Gasteiger partial charge in [0, 0.05) is 12.8 Å². The van der Waals surface area contributed by atoms with Gasteiger partial charge in [-0.05, 0) is 18.4 Å². The van der Waals surface area contributed by atoms with Gasteiger partial charge in [0.1, 0.15) is 5.78 Å². The first-order chi connectivity index (χ1) is 7.33. The van der Waals surface area contributed by atoms with Crippen LogP contribution in [0, 0.1) is 0 Å². The van der Waals surface area contributed by atoms with Gasteiger partial charge < -0.3 is 0 Å². The molecular formula is C14H18O. The van der Waals surface area contributed by atoms with Crippen LogP contribution in [0.1, 0.15) is 38.2 Å². The zero-order valence-corrected chi connectivity index (χ0v) is 9.28. The fourth-order valence-corrected chi connectivity index (χ4v) is 1.43. The topological polar surface area (TPSA) is 17.1 Å². The Morgan fingerprint density at radius 3 is 2.60 bits per heavy atom. The Morgan fingerprint density at radius 2 is 1.93 bits per heavy atom. The number of ketones is 1. The summed E-state index contributed by atoms with van der Waals surface area (Å²) in [5.41, 5.74) is 1.19. The molecule has 1 heteroatoms. The van der Waals surface area contributed by atoms with E-state index in [2.05, 4.69) is 24.3 Å². The van der Waals surface area contributed by atoms with Gasteiger partial charge in [-0.2, -0.15) is 0 Å². The van der Waals surface area contributed by atoms with E-state index in [1.807, 2.05) is 25.1 Å². The molecule has 0 aromatic heterocycles. The van der Waals surface area contributed by atoms with Crippen molar-refractivity contribution in [3.63, 3.8) is 0 Å². The molecule has 0 saturated heterocycles. The summed E-state index contributed by atoms with van der Waals surface area (Å²) in [6.45, 7) is 2.04. The van der Waals surface area contributed by atoms with Gasteiger partial charge in [0.2, 0.25) is 0 Å². The summed E-state index contributed by atoms with van der Waals surface area (Å²) in [4.78, 5) is 11.2.